The Kier molecular flexibility index (Phi) is 3.96. The molecule has 1 heterocycles. The van der Waals surface area contributed by atoms with Gasteiger partial charge < -0.3 is 4.74 Å². The van der Waals surface area contributed by atoms with E-state index in [1.165, 1.54) is 10.5 Å². The van der Waals surface area contributed by atoms with Gasteiger partial charge in [-0.25, -0.2) is 0 Å². The fraction of sp³-hybridized carbons (Fsp3) is 0.250. The lowest BCUT2D eigenvalue weighted by atomic mass is 10.2. The van der Waals surface area contributed by atoms with Gasteiger partial charge in [0, 0.05) is 5.75 Å². The summed E-state index contributed by atoms with van der Waals surface area (Å²) in [6, 6.07) is 8.01. The number of thioether (sulfide) groups is 2. The zero-order valence-corrected chi connectivity index (χ0v) is 10.7. The number of hydrogen-bond acceptors (Lipinski definition) is 4. The van der Waals surface area contributed by atoms with Gasteiger partial charge in [-0.1, -0.05) is 42.2 Å². The highest BCUT2D eigenvalue weighted by Crippen LogP contribution is 2.35. The molecule has 0 spiro atoms. The molecule has 1 fully saturated rings. The molecule has 1 aliphatic heterocycles. The van der Waals surface area contributed by atoms with Crippen LogP contribution in [0.5, 0.6) is 5.75 Å². The van der Waals surface area contributed by atoms with Crippen molar-refractivity contribution in [1.82, 2.24) is 0 Å². The summed E-state index contributed by atoms with van der Waals surface area (Å²) < 4.78 is 6.23. The maximum Gasteiger partial charge on any atom is 0.129 e. The minimum atomic E-state index is 0.729. The van der Waals surface area contributed by atoms with E-state index < -0.39 is 0 Å². The molecule has 0 aliphatic carbocycles. The van der Waals surface area contributed by atoms with Gasteiger partial charge in [-0.05, 0) is 22.6 Å². The third-order valence-corrected chi connectivity index (χ3v) is 4.53. The van der Waals surface area contributed by atoms with Crippen LogP contribution >= 0.6 is 23.5 Å². The molecule has 0 bridgehead atoms. The molecule has 4 heteroatoms. The number of nitrogens with zero attached hydrogens (tertiary/aromatic N) is 1. The molecule has 1 aromatic carbocycles. The quantitative estimate of drug-likeness (QED) is 0.820. The van der Waals surface area contributed by atoms with E-state index in [1.54, 1.807) is 30.6 Å². The van der Waals surface area contributed by atoms with E-state index in [0.29, 0.717) is 0 Å². The molecule has 1 aliphatic rings. The van der Waals surface area contributed by atoms with E-state index in [0.717, 1.165) is 22.4 Å². The first-order valence-electron chi connectivity index (χ1n) is 4.94. The van der Waals surface area contributed by atoms with E-state index in [9.17, 15) is 0 Å². The van der Waals surface area contributed by atoms with Crippen molar-refractivity contribution in [3.63, 3.8) is 0 Å². The lowest BCUT2D eigenvalue weighted by Gasteiger charge is -2.01. The van der Waals surface area contributed by atoms with Gasteiger partial charge in [0.2, 0.25) is 0 Å². The highest BCUT2D eigenvalue weighted by molar-refractivity contribution is 8.43. The number of hydrogen-bond donors (Lipinski definition) is 0. The number of aliphatic imine (C=N–C) groups is 1. The largest absolute Gasteiger partial charge is 0.497 e. The van der Waals surface area contributed by atoms with Gasteiger partial charge in [0.15, 0.2) is 0 Å². The maximum atomic E-state index is 5.11. The van der Waals surface area contributed by atoms with Crippen molar-refractivity contribution in [3.8, 4) is 5.75 Å². The SMILES string of the molecule is C=C1CSC(=NCc2ccc(OC)cc2)S1. The Morgan fingerprint density at radius 3 is 2.69 bits per heavy atom. The topological polar surface area (TPSA) is 21.6 Å². The molecule has 1 aromatic rings. The first-order chi connectivity index (χ1) is 7.78. The van der Waals surface area contributed by atoms with Gasteiger partial charge in [0.1, 0.15) is 10.1 Å². The van der Waals surface area contributed by atoms with Crippen LogP contribution in [0.3, 0.4) is 0 Å². The second-order valence-corrected chi connectivity index (χ2v) is 5.75. The van der Waals surface area contributed by atoms with E-state index in [2.05, 4.69) is 11.6 Å². The number of rotatable bonds is 3. The Hall–Kier alpha value is -0.870. The molecular weight excluding hydrogens is 238 g/mol. The number of ether oxygens (including phenoxy) is 1. The summed E-state index contributed by atoms with van der Waals surface area (Å²) in [5.41, 5.74) is 1.20. The van der Waals surface area contributed by atoms with Crippen LogP contribution in [0, 0.1) is 0 Å². The minimum absolute atomic E-state index is 0.729. The van der Waals surface area contributed by atoms with Crippen molar-refractivity contribution in [1.29, 1.82) is 0 Å². The lowest BCUT2D eigenvalue weighted by Crippen LogP contribution is -1.86. The lowest BCUT2D eigenvalue weighted by molar-refractivity contribution is 0.414. The first kappa shape index (κ1) is 11.6. The smallest absolute Gasteiger partial charge is 0.129 e. The van der Waals surface area contributed by atoms with Crippen LogP contribution < -0.4 is 4.74 Å². The van der Waals surface area contributed by atoms with Gasteiger partial charge in [-0.2, -0.15) is 0 Å². The molecular formula is C12H13NOS2. The van der Waals surface area contributed by atoms with Crippen molar-refractivity contribution < 1.29 is 4.74 Å². The fourth-order valence-electron chi connectivity index (χ4n) is 1.29. The van der Waals surface area contributed by atoms with Crippen molar-refractivity contribution in [2.24, 2.45) is 4.99 Å². The third-order valence-electron chi connectivity index (χ3n) is 2.14. The Labute approximate surface area is 104 Å². The van der Waals surface area contributed by atoms with Crippen LogP contribution in [0.25, 0.3) is 0 Å². The van der Waals surface area contributed by atoms with Crippen molar-refractivity contribution in [2.45, 2.75) is 6.54 Å². The second kappa shape index (κ2) is 5.46. The van der Waals surface area contributed by atoms with Crippen LogP contribution in [0.2, 0.25) is 0 Å². The maximum absolute atomic E-state index is 5.11. The molecule has 16 heavy (non-hydrogen) atoms. The van der Waals surface area contributed by atoms with Gasteiger partial charge in [0.05, 0.1) is 13.7 Å². The average molecular weight is 251 g/mol. The van der Waals surface area contributed by atoms with E-state index in [1.807, 2.05) is 24.3 Å². The van der Waals surface area contributed by atoms with Crippen LogP contribution in [0.15, 0.2) is 40.7 Å². The van der Waals surface area contributed by atoms with Crippen molar-refractivity contribution >= 4 is 27.9 Å². The van der Waals surface area contributed by atoms with Gasteiger partial charge in [-0.15, -0.1) is 0 Å². The molecule has 0 N–H and O–H groups in total. The van der Waals surface area contributed by atoms with Gasteiger partial charge in [-0.3, -0.25) is 4.99 Å². The predicted molar refractivity (Wildman–Crippen MR) is 73.3 cm³/mol. The fourth-order valence-corrected chi connectivity index (χ4v) is 3.28. The van der Waals surface area contributed by atoms with Crippen LogP contribution in [0.4, 0.5) is 0 Å². The summed E-state index contributed by atoms with van der Waals surface area (Å²) in [5, 5.41) is 0. The number of methoxy groups -OCH3 is 1. The standard InChI is InChI=1S/C12H13NOS2/c1-9-8-15-12(16-9)13-7-10-3-5-11(14-2)6-4-10/h3-6H,1,7-8H2,2H3. The van der Waals surface area contributed by atoms with Gasteiger partial charge in [0.25, 0.3) is 0 Å². The minimum Gasteiger partial charge on any atom is -0.497 e. The highest BCUT2D eigenvalue weighted by atomic mass is 32.2. The van der Waals surface area contributed by atoms with E-state index in [-0.39, 0.29) is 0 Å². The highest BCUT2D eigenvalue weighted by Gasteiger charge is 2.13. The zero-order valence-electron chi connectivity index (χ0n) is 9.10. The molecule has 2 nitrogen and oxygen atoms in total. The predicted octanol–water partition coefficient (Wildman–Crippen LogP) is 3.54. The Bertz CT molecular complexity index is 412. The summed E-state index contributed by atoms with van der Waals surface area (Å²) in [6.45, 7) is 4.66. The van der Waals surface area contributed by atoms with Crippen molar-refractivity contribution in [3.05, 3.63) is 41.3 Å². The molecule has 0 aromatic heterocycles. The normalized spacial score (nSPS) is 18.1. The van der Waals surface area contributed by atoms with Crippen LogP contribution in [-0.4, -0.2) is 17.2 Å². The third kappa shape index (κ3) is 3.06. The molecule has 2 rings (SSSR count). The molecule has 0 radical (unpaired) electrons. The summed E-state index contributed by atoms with van der Waals surface area (Å²) in [5.74, 6) is 1.88. The van der Waals surface area contributed by atoms with E-state index in [4.69, 9.17) is 4.74 Å². The summed E-state index contributed by atoms with van der Waals surface area (Å²) in [7, 11) is 1.67. The molecule has 84 valence electrons. The monoisotopic (exact) mass is 251 g/mol. The molecule has 1 saturated heterocycles. The average Bonchev–Trinajstić information content (AvgIpc) is 2.73. The summed E-state index contributed by atoms with van der Waals surface area (Å²) in [6.07, 6.45) is 0. The van der Waals surface area contributed by atoms with Gasteiger partial charge >= 0.3 is 0 Å². The molecule has 0 amide bonds. The zero-order chi connectivity index (χ0) is 11.4. The first-order valence-corrected chi connectivity index (χ1v) is 6.74. The summed E-state index contributed by atoms with van der Waals surface area (Å²) in [4.78, 5) is 5.73. The summed E-state index contributed by atoms with van der Waals surface area (Å²) >= 11 is 3.45. The Morgan fingerprint density at radius 1 is 1.38 bits per heavy atom. The molecule has 0 atom stereocenters. The molecule has 0 saturated carbocycles. The Morgan fingerprint density at radius 2 is 2.12 bits per heavy atom. The Balaban J connectivity index is 1.96. The second-order valence-electron chi connectivity index (χ2n) is 3.36. The van der Waals surface area contributed by atoms with E-state index >= 15 is 0 Å². The van der Waals surface area contributed by atoms with Crippen molar-refractivity contribution in [2.75, 3.05) is 12.9 Å². The number of benzene rings is 1. The van der Waals surface area contributed by atoms with Crippen LogP contribution in [-0.2, 0) is 6.54 Å². The van der Waals surface area contributed by atoms with Crippen LogP contribution in [0.1, 0.15) is 5.56 Å². The molecule has 0 unspecified atom stereocenters.